The molecule has 0 aliphatic carbocycles. The second-order valence-corrected chi connectivity index (χ2v) is 6.84. The predicted molar refractivity (Wildman–Crippen MR) is 92.8 cm³/mol. The first-order valence-corrected chi connectivity index (χ1v) is 8.87. The van der Waals surface area contributed by atoms with Crippen molar-refractivity contribution in [2.45, 2.75) is 45.1 Å². The maximum atomic E-state index is 11.2. The Morgan fingerprint density at radius 3 is 2.78 bits per heavy atom. The summed E-state index contributed by atoms with van der Waals surface area (Å²) < 4.78 is 5.63. The van der Waals surface area contributed by atoms with Gasteiger partial charge in [-0.1, -0.05) is 26.2 Å². The first kappa shape index (κ1) is 17.7. The molecule has 0 saturated heterocycles. The highest BCUT2D eigenvalue weighted by molar-refractivity contribution is 8.14. The van der Waals surface area contributed by atoms with E-state index in [1.54, 1.807) is 25.1 Å². The smallest absolute Gasteiger partial charge is 0.332 e. The first-order chi connectivity index (χ1) is 11.0. The van der Waals surface area contributed by atoms with E-state index in [0.717, 1.165) is 12.8 Å². The SMILES string of the molecule is CCCCCCOc1ccc(C2=N[C@@](C)(C(=O)O)CS2)c(O)c1. The second kappa shape index (κ2) is 7.73. The molecule has 2 rings (SSSR count). The number of aliphatic imine (C=N–C) groups is 1. The van der Waals surface area contributed by atoms with Crippen LogP contribution in [0.2, 0.25) is 0 Å². The highest BCUT2D eigenvalue weighted by Gasteiger charge is 2.38. The predicted octanol–water partition coefficient (Wildman–Crippen LogP) is 3.69. The molecule has 126 valence electrons. The summed E-state index contributed by atoms with van der Waals surface area (Å²) in [7, 11) is 0. The molecule has 0 unspecified atom stereocenters. The number of ether oxygens (including phenoxy) is 1. The van der Waals surface area contributed by atoms with Crippen LogP contribution in [0.15, 0.2) is 23.2 Å². The van der Waals surface area contributed by atoms with Crippen LogP contribution in [-0.2, 0) is 4.79 Å². The molecule has 0 bridgehead atoms. The quantitative estimate of drug-likeness (QED) is 0.707. The van der Waals surface area contributed by atoms with Gasteiger partial charge in [-0.15, -0.1) is 11.8 Å². The lowest BCUT2D eigenvalue weighted by atomic mass is 10.1. The van der Waals surface area contributed by atoms with Gasteiger partial charge in [-0.3, -0.25) is 4.99 Å². The van der Waals surface area contributed by atoms with Gasteiger partial charge in [-0.25, -0.2) is 4.79 Å². The summed E-state index contributed by atoms with van der Waals surface area (Å²) in [5.41, 5.74) is -0.570. The Morgan fingerprint density at radius 1 is 1.39 bits per heavy atom. The number of thioether (sulfide) groups is 1. The van der Waals surface area contributed by atoms with E-state index in [1.165, 1.54) is 24.6 Å². The fraction of sp³-hybridized carbons (Fsp3) is 0.529. The number of carbonyl (C=O) groups is 1. The highest BCUT2D eigenvalue weighted by atomic mass is 32.2. The summed E-state index contributed by atoms with van der Waals surface area (Å²) in [4.78, 5) is 15.5. The van der Waals surface area contributed by atoms with Crippen LogP contribution < -0.4 is 4.74 Å². The molecule has 1 aliphatic rings. The molecule has 0 aromatic heterocycles. The van der Waals surface area contributed by atoms with E-state index < -0.39 is 11.5 Å². The molecule has 0 amide bonds. The number of phenols is 1. The molecule has 2 N–H and O–H groups in total. The number of carboxylic acid groups (broad SMARTS) is 1. The first-order valence-electron chi connectivity index (χ1n) is 7.88. The summed E-state index contributed by atoms with van der Waals surface area (Å²) in [5.74, 6) is 0.100. The molecular formula is C17H23NO4S. The van der Waals surface area contributed by atoms with E-state index in [1.807, 2.05) is 0 Å². The standard InChI is InChI=1S/C17H23NO4S/c1-3-4-5-6-9-22-12-7-8-13(14(19)10-12)15-18-17(2,11-23-15)16(20)21/h7-8,10,19H,3-6,9,11H2,1-2H3,(H,20,21)/t17-/m1/s1. The maximum absolute atomic E-state index is 11.2. The van der Waals surface area contributed by atoms with Crippen LogP contribution in [0.5, 0.6) is 11.5 Å². The summed E-state index contributed by atoms with van der Waals surface area (Å²) in [6, 6.07) is 5.08. The summed E-state index contributed by atoms with van der Waals surface area (Å²) in [6.07, 6.45) is 4.52. The molecule has 5 nitrogen and oxygen atoms in total. The van der Waals surface area contributed by atoms with Crippen molar-refractivity contribution in [2.24, 2.45) is 4.99 Å². The molecule has 0 saturated carbocycles. The Balaban J connectivity index is 2.01. The zero-order valence-corrected chi connectivity index (χ0v) is 14.4. The lowest BCUT2D eigenvalue weighted by Crippen LogP contribution is -2.33. The Morgan fingerprint density at radius 2 is 2.17 bits per heavy atom. The van der Waals surface area contributed by atoms with Crippen LogP contribution in [-0.4, -0.2) is 39.1 Å². The van der Waals surface area contributed by atoms with Gasteiger partial charge in [0.15, 0.2) is 5.54 Å². The molecule has 23 heavy (non-hydrogen) atoms. The third kappa shape index (κ3) is 4.41. The molecule has 1 heterocycles. The number of hydrogen-bond acceptors (Lipinski definition) is 5. The molecule has 1 aliphatic heterocycles. The van der Waals surface area contributed by atoms with E-state index in [4.69, 9.17) is 4.74 Å². The molecule has 6 heteroatoms. The Labute approximate surface area is 140 Å². The van der Waals surface area contributed by atoms with Crippen LogP contribution in [0.4, 0.5) is 0 Å². The van der Waals surface area contributed by atoms with Gasteiger partial charge in [0.05, 0.1) is 6.61 Å². The zero-order chi connectivity index (χ0) is 16.9. The average Bonchev–Trinajstić information content (AvgIpc) is 2.91. The lowest BCUT2D eigenvalue weighted by Gasteiger charge is -2.11. The zero-order valence-electron chi connectivity index (χ0n) is 13.5. The van der Waals surface area contributed by atoms with E-state index in [0.29, 0.717) is 28.7 Å². The van der Waals surface area contributed by atoms with E-state index in [-0.39, 0.29) is 5.75 Å². The topological polar surface area (TPSA) is 79.1 Å². The minimum atomic E-state index is -1.12. The largest absolute Gasteiger partial charge is 0.507 e. The number of carboxylic acids is 1. The van der Waals surface area contributed by atoms with Crippen molar-refractivity contribution < 1.29 is 19.7 Å². The summed E-state index contributed by atoms with van der Waals surface area (Å²) >= 11 is 1.35. The van der Waals surface area contributed by atoms with E-state index >= 15 is 0 Å². The number of nitrogens with zero attached hydrogens (tertiary/aromatic N) is 1. The normalized spacial score (nSPS) is 20.3. The van der Waals surface area contributed by atoms with Crippen molar-refractivity contribution in [3.63, 3.8) is 0 Å². The van der Waals surface area contributed by atoms with E-state index in [2.05, 4.69) is 11.9 Å². The molecule has 0 fully saturated rings. The van der Waals surface area contributed by atoms with Gasteiger partial charge >= 0.3 is 5.97 Å². The van der Waals surface area contributed by atoms with Gasteiger partial charge in [0.1, 0.15) is 16.5 Å². The number of unbranched alkanes of at least 4 members (excludes halogenated alkanes) is 3. The third-order valence-electron chi connectivity index (χ3n) is 3.77. The molecule has 0 spiro atoms. The number of hydrogen-bond donors (Lipinski definition) is 2. The molecular weight excluding hydrogens is 314 g/mol. The number of rotatable bonds is 8. The fourth-order valence-electron chi connectivity index (χ4n) is 2.25. The lowest BCUT2D eigenvalue weighted by molar-refractivity contribution is -0.141. The van der Waals surface area contributed by atoms with Crippen LogP contribution in [0.25, 0.3) is 0 Å². The number of phenolic OH excluding ortho intramolecular Hbond substituents is 1. The van der Waals surface area contributed by atoms with Crippen molar-refractivity contribution in [3.05, 3.63) is 23.8 Å². The van der Waals surface area contributed by atoms with Crippen molar-refractivity contribution >= 4 is 22.8 Å². The Hall–Kier alpha value is -1.69. The van der Waals surface area contributed by atoms with Crippen LogP contribution >= 0.6 is 11.8 Å². The maximum Gasteiger partial charge on any atom is 0.332 e. The number of aromatic hydroxyl groups is 1. The van der Waals surface area contributed by atoms with Gasteiger partial charge in [0.2, 0.25) is 0 Å². The molecule has 1 atom stereocenters. The van der Waals surface area contributed by atoms with Crippen molar-refractivity contribution in [1.82, 2.24) is 0 Å². The van der Waals surface area contributed by atoms with Crippen molar-refractivity contribution in [1.29, 1.82) is 0 Å². The summed E-state index contributed by atoms with van der Waals surface area (Å²) in [6.45, 7) is 4.38. The van der Waals surface area contributed by atoms with Gasteiger partial charge in [-0.05, 0) is 25.5 Å². The van der Waals surface area contributed by atoms with Crippen LogP contribution in [0.1, 0.15) is 45.1 Å². The minimum absolute atomic E-state index is 0.0666. The molecule has 1 aromatic carbocycles. The minimum Gasteiger partial charge on any atom is -0.507 e. The van der Waals surface area contributed by atoms with Gasteiger partial charge in [-0.2, -0.15) is 0 Å². The van der Waals surface area contributed by atoms with Crippen molar-refractivity contribution in [2.75, 3.05) is 12.4 Å². The van der Waals surface area contributed by atoms with Crippen LogP contribution in [0.3, 0.4) is 0 Å². The highest BCUT2D eigenvalue weighted by Crippen LogP contribution is 2.35. The van der Waals surface area contributed by atoms with Crippen molar-refractivity contribution in [3.8, 4) is 11.5 Å². The van der Waals surface area contributed by atoms with Gasteiger partial charge in [0.25, 0.3) is 0 Å². The summed E-state index contributed by atoms with van der Waals surface area (Å²) in [5, 5.41) is 19.9. The third-order valence-corrected chi connectivity index (χ3v) is 5.06. The van der Waals surface area contributed by atoms with E-state index in [9.17, 15) is 15.0 Å². The van der Waals surface area contributed by atoms with Crippen LogP contribution in [0, 0.1) is 0 Å². The number of benzene rings is 1. The van der Waals surface area contributed by atoms with Gasteiger partial charge in [0, 0.05) is 17.4 Å². The monoisotopic (exact) mass is 337 g/mol. The second-order valence-electron chi connectivity index (χ2n) is 5.87. The molecule has 0 radical (unpaired) electrons. The number of aliphatic carboxylic acids is 1. The molecule has 1 aromatic rings. The Kier molecular flexibility index (Phi) is 5.93. The average molecular weight is 337 g/mol. The Bertz CT molecular complexity index is 602. The fourth-order valence-corrected chi connectivity index (χ4v) is 3.45. The van der Waals surface area contributed by atoms with Gasteiger partial charge < -0.3 is 14.9 Å².